The molecule has 0 saturated carbocycles. The van der Waals surface area contributed by atoms with Crippen LogP contribution in [-0.4, -0.2) is 8.07 Å². The van der Waals surface area contributed by atoms with Crippen LogP contribution < -0.4 is 0 Å². The summed E-state index contributed by atoms with van der Waals surface area (Å²) in [6.45, 7) is 7.20. The maximum atomic E-state index is 2.48. The Labute approximate surface area is 143 Å². The lowest BCUT2D eigenvalue weighted by Gasteiger charge is -2.27. The number of hydrogen-bond acceptors (Lipinski definition) is 0. The van der Waals surface area contributed by atoms with E-state index >= 15 is 0 Å². The molecule has 0 atom stereocenters. The van der Waals surface area contributed by atoms with Crippen molar-refractivity contribution in [1.29, 1.82) is 0 Å². The van der Waals surface area contributed by atoms with E-state index in [-0.39, 0.29) is 0 Å². The SMILES string of the molecule is CC[Si](CC)(CC)CCC=C(c1ccccc1)c1ccccc1. The topological polar surface area (TPSA) is 0 Å². The molecule has 0 bridgehead atoms. The summed E-state index contributed by atoms with van der Waals surface area (Å²) in [4.78, 5) is 0. The summed E-state index contributed by atoms with van der Waals surface area (Å²) < 4.78 is 0. The van der Waals surface area contributed by atoms with Gasteiger partial charge in [-0.15, -0.1) is 0 Å². The van der Waals surface area contributed by atoms with Gasteiger partial charge in [0.25, 0.3) is 0 Å². The molecule has 122 valence electrons. The number of allylic oxidation sites excluding steroid dienone is 1. The molecule has 0 spiro atoms. The fourth-order valence-corrected chi connectivity index (χ4v) is 6.76. The van der Waals surface area contributed by atoms with Gasteiger partial charge in [0.15, 0.2) is 0 Å². The smallest absolute Gasteiger partial charge is 0.0530 e. The van der Waals surface area contributed by atoms with Gasteiger partial charge in [0.05, 0.1) is 8.07 Å². The number of benzene rings is 2. The molecule has 23 heavy (non-hydrogen) atoms. The third-order valence-corrected chi connectivity index (χ3v) is 11.3. The van der Waals surface area contributed by atoms with Gasteiger partial charge in [-0.1, -0.05) is 112 Å². The second kappa shape index (κ2) is 8.88. The summed E-state index contributed by atoms with van der Waals surface area (Å²) in [6, 6.07) is 27.3. The molecule has 0 heterocycles. The van der Waals surface area contributed by atoms with Crippen molar-refractivity contribution in [1.82, 2.24) is 0 Å². The molecule has 0 radical (unpaired) electrons. The molecule has 2 aromatic carbocycles. The van der Waals surface area contributed by atoms with Crippen LogP contribution in [0.3, 0.4) is 0 Å². The van der Waals surface area contributed by atoms with Crippen molar-refractivity contribution in [2.45, 2.75) is 51.4 Å². The van der Waals surface area contributed by atoms with Gasteiger partial charge in [-0.2, -0.15) is 0 Å². The monoisotopic (exact) mass is 322 g/mol. The third kappa shape index (κ3) is 4.68. The predicted octanol–water partition coefficient (Wildman–Crippen LogP) is 7.02. The normalized spacial score (nSPS) is 11.3. The van der Waals surface area contributed by atoms with Crippen LogP contribution in [-0.2, 0) is 0 Å². The molecular weight excluding hydrogens is 292 g/mol. The van der Waals surface area contributed by atoms with E-state index in [4.69, 9.17) is 0 Å². The Hall–Kier alpha value is -1.60. The van der Waals surface area contributed by atoms with Crippen molar-refractivity contribution in [3.63, 3.8) is 0 Å². The molecule has 1 heteroatoms. The van der Waals surface area contributed by atoms with E-state index in [0.29, 0.717) is 0 Å². The Balaban J connectivity index is 2.25. The molecule has 0 fully saturated rings. The zero-order valence-corrected chi connectivity index (χ0v) is 15.9. The minimum Gasteiger partial charge on any atom is -0.0763 e. The van der Waals surface area contributed by atoms with Crippen molar-refractivity contribution in [3.8, 4) is 0 Å². The van der Waals surface area contributed by atoms with Crippen LogP contribution in [0.25, 0.3) is 5.57 Å². The molecule has 0 N–H and O–H groups in total. The summed E-state index contributed by atoms with van der Waals surface area (Å²) in [5, 5.41) is 0. The lowest BCUT2D eigenvalue weighted by Crippen LogP contribution is -2.30. The summed E-state index contributed by atoms with van der Waals surface area (Å²) in [5.41, 5.74) is 4.04. The van der Waals surface area contributed by atoms with E-state index in [1.54, 1.807) is 0 Å². The standard InChI is InChI=1S/C22H30Si/c1-4-23(5-2,6-3)19-13-18-22(20-14-9-7-10-15-20)21-16-11-8-12-17-21/h7-12,14-18H,4-6,13,19H2,1-3H3. The highest BCUT2D eigenvalue weighted by Crippen LogP contribution is 2.29. The summed E-state index contributed by atoms with van der Waals surface area (Å²) >= 11 is 0. The molecule has 0 aliphatic heterocycles. The quantitative estimate of drug-likeness (QED) is 0.458. The van der Waals surface area contributed by atoms with Crippen LogP contribution in [0.2, 0.25) is 24.2 Å². The van der Waals surface area contributed by atoms with Gasteiger partial charge < -0.3 is 0 Å². The van der Waals surface area contributed by atoms with E-state index in [0.717, 1.165) is 0 Å². The third-order valence-electron chi connectivity index (χ3n) is 5.44. The van der Waals surface area contributed by atoms with Crippen LogP contribution in [0.1, 0.15) is 38.3 Å². The van der Waals surface area contributed by atoms with Gasteiger partial charge >= 0.3 is 0 Å². The highest BCUT2D eigenvalue weighted by molar-refractivity contribution is 6.79. The van der Waals surface area contributed by atoms with Crippen molar-refractivity contribution in [2.75, 3.05) is 0 Å². The first kappa shape index (κ1) is 17.7. The maximum absolute atomic E-state index is 2.48. The molecule has 0 saturated heterocycles. The fourth-order valence-electron chi connectivity index (χ4n) is 3.44. The molecule has 0 nitrogen and oxygen atoms in total. The first-order valence-electron chi connectivity index (χ1n) is 9.05. The van der Waals surface area contributed by atoms with Crippen LogP contribution in [0.5, 0.6) is 0 Å². The van der Waals surface area contributed by atoms with Gasteiger partial charge in [0, 0.05) is 0 Å². The first-order valence-corrected chi connectivity index (χ1v) is 11.9. The van der Waals surface area contributed by atoms with Gasteiger partial charge in [0.1, 0.15) is 0 Å². The van der Waals surface area contributed by atoms with E-state index in [9.17, 15) is 0 Å². The minimum absolute atomic E-state index is 1.03. The first-order chi connectivity index (χ1) is 11.2. The molecule has 0 aliphatic rings. The Morgan fingerprint density at radius 2 is 1.17 bits per heavy atom. The van der Waals surface area contributed by atoms with Crippen molar-refractivity contribution >= 4 is 13.6 Å². The van der Waals surface area contributed by atoms with Gasteiger partial charge in [-0.3, -0.25) is 0 Å². The Kier molecular flexibility index (Phi) is 6.85. The number of hydrogen-bond donors (Lipinski definition) is 0. The van der Waals surface area contributed by atoms with Crippen LogP contribution in [0.15, 0.2) is 66.7 Å². The fraction of sp³-hybridized carbons (Fsp3) is 0.364. The molecule has 2 aromatic rings. The Morgan fingerprint density at radius 3 is 1.57 bits per heavy atom. The molecule has 0 amide bonds. The van der Waals surface area contributed by atoms with Crippen LogP contribution in [0.4, 0.5) is 0 Å². The van der Waals surface area contributed by atoms with Crippen molar-refractivity contribution in [2.24, 2.45) is 0 Å². The van der Waals surface area contributed by atoms with Gasteiger partial charge in [-0.05, 0) is 23.1 Å². The lowest BCUT2D eigenvalue weighted by atomic mass is 9.97. The van der Waals surface area contributed by atoms with E-state index in [2.05, 4.69) is 87.5 Å². The molecule has 0 aliphatic carbocycles. The average Bonchev–Trinajstić information content (AvgIpc) is 2.64. The summed E-state index contributed by atoms with van der Waals surface area (Å²) in [7, 11) is -1.03. The highest BCUT2D eigenvalue weighted by Gasteiger charge is 2.25. The molecule has 0 aromatic heterocycles. The van der Waals surface area contributed by atoms with Crippen molar-refractivity contribution in [3.05, 3.63) is 77.9 Å². The zero-order valence-electron chi connectivity index (χ0n) is 14.9. The minimum atomic E-state index is -1.03. The number of rotatable bonds is 8. The van der Waals surface area contributed by atoms with Gasteiger partial charge in [-0.25, -0.2) is 0 Å². The molecule has 0 unspecified atom stereocenters. The lowest BCUT2D eigenvalue weighted by molar-refractivity contribution is 1.05. The van der Waals surface area contributed by atoms with Crippen LogP contribution in [0, 0.1) is 0 Å². The second-order valence-electron chi connectivity index (χ2n) is 6.45. The predicted molar refractivity (Wildman–Crippen MR) is 107 cm³/mol. The van der Waals surface area contributed by atoms with E-state index in [1.165, 1.54) is 47.3 Å². The van der Waals surface area contributed by atoms with E-state index < -0.39 is 8.07 Å². The summed E-state index contributed by atoms with van der Waals surface area (Å²) in [5.74, 6) is 0. The van der Waals surface area contributed by atoms with Crippen LogP contribution >= 0.6 is 0 Å². The molecular formula is C22H30Si. The maximum Gasteiger partial charge on any atom is 0.0530 e. The zero-order chi connectivity index (χ0) is 16.5. The highest BCUT2D eigenvalue weighted by atomic mass is 28.3. The van der Waals surface area contributed by atoms with Crippen molar-refractivity contribution < 1.29 is 0 Å². The summed E-state index contributed by atoms with van der Waals surface area (Å²) in [6.07, 6.45) is 3.69. The second-order valence-corrected chi connectivity index (χ2v) is 12.1. The molecule has 2 rings (SSSR count). The Morgan fingerprint density at radius 1 is 0.739 bits per heavy atom. The largest absolute Gasteiger partial charge is 0.0763 e. The van der Waals surface area contributed by atoms with E-state index in [1.807, 2.05) is 0 Å². The Bertz CT molecular complexity index is 545. The van der Waals surface area contributed by atoms with Gasteiger partial charge in [0.2, 0.25) is 0 Å². The average molecular weight is 323 g/mol.